The molecule has 0 unspecified atom stereocenters. The number of para-hydroxylation sites is 4. The van der Waals surface area contributed by atoms with E-state index in [4.69, 9.17) is 9.97 Å². The van der Waals surface area contributed by atoms with E-state index in [0.717, 1.165) is 67.3 Å². The summed E-state index contributed by atoms with van der Waals surface area (Å²) in [4.78, 5) is 23.8. The second kappa shape index (κ2) is 7.34. The second-order valence-corrected chi connectivity index (χ2v) is 11.0. The molecule has 0 fully saturated rings. The summed E-state index contributed by atoms with van der Waals surface area (Å²) in [7, 11) is 0. The molecule has 0 bridgehead atoms. The summed E-state index contributed by atoms with van der Waals surface area (Å²) in [6.07, 6.45) is 0. The number of rotatable bonds is 1. The maximum atomic E-state index is 13.9. The van der Waals surface area contributed by atoms with Crippen molar-refractivity contribution >= 4 is 60.0 Å². The predicted molar refractivity (Wildman–Crippen MR) is 166 cm³/mol. The summed E-state index contributed by atoms with van der Waals surface area (Å²) in [5.74, 6) is 1.02. The lowest BCUT2D eigenvalue weighted by Crippen LogP contribution is -2.13. The predicted octanol–water partition coefficient (Wildman–Crippen LogP) is 7.79. The van der Waals surface area contributed by atoms with Crippen LogP contribution in [0.5, 0.6) is 0 Å². The zero-order valence-corrected chi connectivity index (χ0v) is 21.8. The van der Waals surface area contributed by atoms with E-state index in [1.807, 2.05) is 36.4 Å². The molecule has 10 rings (SSSR count). The molecular weight excluding hydrogens is 504 g/mol. The van der Waals surface area contributed by atoms with Crippen molar-refractivity contribution in [3.05, 3.63) is 125 Å². The minimum Gasteiger partial charge on any atom is -0.319 e. The Morgan fingerprint density at radius 2 is 1.22 bits per heavy atom. The van der Waals surface area contributed by atoms with Crippen LogP contribution < -0.4 is 5.56 Å². The summed E-state index contributed by atoms with van der Waals surface area (Å²) in [5, 5.41) is 6.20. The number of fused-ring (bicyclic) bond motifs is 8. The SMILES string of the molecule is O=c1c2ccc(-c3ccc4c5c(cccc35)-c3nc5ccccc5n3C4)c3cccc(c32)c2nc3ccccc3n12. The van der Waals surface area contributed by atoms with Crippen LogP contribution >= 0.6 is 0 Å². The van der Waals surface area contributed by atoms with E-state index in [1.165, 1.54) is 16.3 Å². The lowest BCUT2D eigenvalue weighted by Gasteiger charge is -2.22. The summed E-state index contributed by atoms with van der Waals surface area (Å²) in [5.41, 5.74) is 9.26. The molecular formula is C36H20N4O. The van der Waals surface area contributed by atoms with Crippen molar-refractivity contribution in [3.8, 4) is 22.5 Å². The lowest BCUT2D eigenvalue weighted by molar-refractivity contribution is 0.831. The van der Waals surface area contributed by atoms with Gasteiger partial charge in [-0.15, -0.1) is 0 Å². The molecule has 0 spiro atoms. The molecule has 190 valence electrons. The van der Waals surface area contributed by atoms with Crippen LogP contribution in [-0.2, 0) is 6.54 Å². The summed E-state index contributed by atoms with van der Waals surface area (Å²) in [6.45, 7) is 0.790. The number of imidazole rings is 2. The fourth-order valence-electron chi connectivity index (χ4n) is 7.18. The zero-order chi connectivity index (χ0) is 26.8. The van der Waals surface area contributed by atoms with Gasteiger partial charge in [-0.25, -0.2) is 9.97 Å². The number of aromatic nitrogens is 4. The van der Waals surface area contributed by atoms with Crippen LogP contribution in [0.4, 0.5) is 0 Å². The Bertz CT molecular complexity index is 2640. The first kappa shape index (κ1) is 21.3. The number of nitrogens with zero attached hydrogens (tertiary/aromatic N) is 4. The van der Waals surface area contributed by atoms with E-state index >= 15 is 0 Å². The van der Waals surface area contributed by atoms with Crippen LogP contribution in [0.1, 0.15) is 5.56 Å². The Hall–Kier alpha value is -5.55. The molecule has 1 aliphatic heterocycles. The van der Waals surface area contributed by atoms with Crippen LogP contribution in [0.2, 0.25) is 0 Å². The fraction of sp³-hybridized carbons (Fsp3) is 0.0278. The summed E-state index contributed by atoms with van der Waals surface area (Å²) < 4.78 is 4.09. The molecule has 0 radical (unpaired) electrons. The molecule has 0 saturated carbocycles. The minimum absolute atomic E-state index is 0.0280. The molecule has 0 atom stereocenters. The number of pyridine rings is 1. The Morgan fingerprint density at radius 3 is 2.07 bits per heavy atom. The van der Waals surface area contributed by atoms with Crippen LogP contribution in [0.25, 0.3) is 82.5 Å². The van der Waals surface area contributed by atoms with Crippen molar-refractivity contribution < 1.29 is 0 Å². The Labute approximate surface area is 232 Å². The molecule has 9 aromatic rings. The van der Waals surface area contributed by atoms with E-state index in [9.17, 15) is 4.79 Å². The average Bonchev–Trinajstić information content (AvgIpc) is 3.59. The van der Waals surface area contributed by atoms with Crippen molar-refractivity contribution in [1.82, 2.24) is 18.9 Å². The van der Waals surface area contributed by atoms with Gasteiger partial charge in [-0.2, -0.15) is 0 Å². The van der Waals surface area contributed by atoms with Gasteiger partial charge in [-0.05, 0) is 63.2 Å². The highest BCUT2D eigenvalue weighted by Gasteiger charge is 2.24. The van der Waals surface area contributed by atoms with Crippen LogP contribution in [-0.4, -0.2) is 18.9 Å². The molecule has 0 N–H and O–H groups in total. The molecule has 5 nitrogen and oxygen atoms in total. The van der Waals surface area contributed by atoms with Crippen molar-refractivity contribution in [1.29, 1.82) is 0 Å². The summed E-state index contributed by atoms with van der Waals surface area (Å²) in [6, 6.07) is 37.7. The monoisotopic (exact) mass is 524 g/mol. The van der Waals surface area contributed by atoms with Crippen LogP contribution in [0.3, 0.4) is 0 Å². The number of hydrogen-bond donors (Lipinski definition) is 0. The highest BCUT2D eigenvalue weighted by molar-refractivity contribution is 6.21. The maximum absolute atomic E-state index is 13.9. The van der Waals surface area contributed by atoms with E-state index in [-0.39, 0.29) is 5.56 Å². The van der Waals surface area contributed by atoms with Gasteiger partial charge in [0.15, 0.2) is 0 Å². The first-order chi connectivity index (χ1) is 20.3. The van der Waals surface area contributed by atoms with Crippen LogP contribution in [0, 0.1) is 0 Å². The van der Waals surface area contributed by atoms with Gasteiger partial charge in [0.25, 0.3) is 5.56 Å². The van der Waals surface area contributed by atoms with E-state index in [1.54, 1.807) is 4.40 Å². The van der Waals surface area contributed by atoms with E-state index < -0.39 is 0 Å². The smallest absolute Gasteiger partial charge is 0.264 e. The minimum atomic E-state index is -0.0280. The molecule has 6 aromatic carbocycles. The maximum Gasteiger partial charge on any atom is 0.264 e. The number of hydrogen-bond acceptors (Lipinski definition) is 3. The van der Waals surface area contributed by atoms with Gasteiger partial charge in [0.05, 0.1) is 28.6 Å². The third-order valence-corrected chi connectivity index (χ3v) is 8.92. The quantitative estimate of drug-likeness (QED) is 0.220. The molecule has 5 heteroatoms. The van der Waals surface area contributed by atoms with Gasteiger partial charge < -0.3 is 4.57 Å². The normalized spacial score (nSPS) is 12.9. The molecule has 0 aliphatic carbocycles. The molecule has 4 heterocycles. The van der Waals surface area contributed by atoms with Crippen molar-refractivity contribution in [2.24, 2.45) is 0 Å². The van der Waals surface area contributed by atoms with Crippen molar-refractivity contribution in [2.75, 3.05) is 0 Å². The number of benzene rings is 6. The van der Waals surface area contributed by atoms with Crippen LogP contribution in [0.15, 0.2) is 114 Å². The van der Waals surface area contributed by atoms with Gasteiger partial charge in [0.2, 0.25) is 0 Å². The van der Waals surface area contributed by atoms with Gasteiger partial charge in [0, 0.05) is 21.7 Å². The third kappa shape index (κ3) is 2.59. The highest BCUT2D eigenvalue weighted by Crippen LogP contribution is 2.43. The lowest BCUT2D eigenvalue weighted by atomic mass is 9.87. The molecule has 3 aromatic heterocycles. The third-order valence-electron chi connectivity index (χ3n) is 8.92. The first-order valence-corrected chi connectivity index (χ1v) is 13.9. The standard InChI is InChI=1S/C36H20N4O/c41-36-27-18-17-22(24-8-6-10-26(33(24)27)35-38-29-12-2-4-14-31(29)40(35)36)21-16-15-20-19-39-30-13-3-1-11-28(30)37-34(39)25-9-5-7-23(21)32(20)25/h1-18H,19H2. The Kier molecular flexibility index (Phi) is 3.81. The second-order valence-electron chi connectivity index (χ2n) is 11.0. The van der Waals surface area contributed by atoms with Crippen molar-refractivity contribution in [2.45, 2.75) is 6.54 Å². The van der Waals surface area contributed by atoms with E-state index in [2.05, 4.69) is 77.4 Å². The van der Waals surface area contributed by atoms with Crippen molar-refractivity contribution in [3.63, 3.8) is 0 Å². The molecule has 0 saturated heterocycles. The van der Waals surface area contributed by atoms with Gasteiger partial charge >= 0.3 is 0 Å². The fourth-order valence-corrected chi connectivity index (χ4v) is 7.18. The largest absolute Gasteiger partial charge is 0.319 e. The molecule has 1 aliphatic rings. The van der Waals surface area contributed by atoms with E-state index in [0.29, 0.717) is 11.0 Å². The highest BCUT2D eigenvalue weighted by atomic mass is 16.1. The van der Waals surface area contributed by atoms with Gasteiger partial charge in [-0.3, -0.25) is 9.20 Å². The molecule has 0 amide bonds. The summed E-state index contributed by atoms with van der Waals surface area (Å²) >= 11 is 0. The Morgan fingerprint density at radius 1 is 0.537 bits per heavy atom. The Balaban J connectivity index is 1.30. The average molecular weight is 525 g/mol. The molecule has 41 heavy (non-hydrogen) atoms. The topological polar surface area (TPSA) is 52.2 Å². The van der Waals surface area contributed by atoms with Gasteiger partial charge in [0.1, 0.15) is 11.5 Å². The zero-order valence-electron chi connectivity index (χ0n) is 21.8. The first-order valence-electron chi connectivity index (χ1n) is 13.9. The van der Waals surface area contributed by atoms with Gasteiger partial charge in [-0.1, -0.05) is 78.9 Å².